The van der Waals surface area contributed by atoms with E-state index in [2.05, 4.69) is 249 Å². The van der Waals surface area contributed by atoms with Crippen molar-refractivity contribution in [3.05, 3.63) is 288 Å². The van der Waals surface area contributed by atoms with Crippen molar-refractivity contribution in [2.45, 2.75) is 11.8 Å². The summed E-state index contributed by atoms with van der Waals surface area (Å²) >= 11 is 0. The van der Waals surface area contributed by atoms with Gasteiger partial charge in [0.15, 0.2) is 17.5 Å². The van der Waals surface area contributed by atoms with Crippen molar-refractivity contribution in [2.24, 2.45) is 0 Å². The monoisotopic (exact) mass is 865 g/mol. The van der Waals surface area contributed by atoms with Crippen LogP contribution in [0, 0.1) is 0 Å². The molecule has 1 heterocycles. The van der Waals surface area contributed by atoms with Gasteiger partial charge in [-0.25, -0.2) is 15.0 Å². The van der Waals surface area contributed by atoms with Gasteiger partial charge >= 0.3 is 0 Å². The molecule has 0 aliphatic heterocycles. The van der Waals surface area contributed by atoms with Crippen LogP contribution in [0.1, 0.15) is 45.6 Å². The highest BCUT2D eigenvalue weighted by atomic mass is 15.0. The Bertz CT molecular complexity index is 3560. The summed E-state index contributed by atoms with van der Waals surface area (Å²) in [5.74, 6) is 1.85. The minimum absolute atomic E-state index is 0.505. The largest absolute Gasteiger partial charge is 0.208 e. The van der Waals surface area contributed by atoms with E-state index in [0.29, 0.717) is 17.5 Å². The molecule has 0 bridgehead atoms. The van der Waals surface area contributed by atoms with Gasteiger partial charge in [-0.2, -0.15) is 0 Å². The quantitative estimate of drug-likeness (QED) is 0.160. The summed E-state index contributed by atoms with van der Waals surface area (Å²) in [6.07, 6.45) is 7.62. The third-order valence-corrected chi connectivity index (χ3v) is 14.0. The zero-order valence-corrected chi connectivity index (χ0v) is 37.2. The van der Waals surface area contributed by atoms with Crippen LogP contribution in [0.4, 0.5) is 0 Å². The van der Waals surface area contributed by atoms with Crippen molar-refractivity contribution >= 4 is 16.7 Å². The van der Waals surface area contributed by atoms with Gasteiger partial charge in [-0.3, -0.25) is 0 Å². The van der Waals surface area contributed by atoms with Crippen molar-refractivity contribution in [1.29, 1.82) is 0 Å². The molecule has 318 valence electrons. The van der Waals surface area contributed by atoms with Gasteiger partial charge in [0.05, 0.1) is 5.41 Å². The number of aromatic nitrogens is 3. The third-order valence-electron chi connectivity index (χ3n) is 14.0. The molecule has 10 aromatic rings. The van der Waals surface area contributed by atoms with Crippen LogP contribution >= 0.6 is 0 Å². The molecule has 13 rings (SSSR count). The van der Waals surface area contributed by atoms with Crippen molar-refractivity contribution in [2.75, 3.05) is 0 Å². The van der Waals surface area contributed by atoms with Crippen molar-refractivity contribution < 1.29 is 0 Å². The molecular formula is C65H43N3. The fourth-order valence-electron chi connectivity index (χ4n) is 10.9. The predicted octanol–water partition coefficient (Wildman–Crippen LogP) is 15.8. The Morgan fingerprint density at radius 1 is 0.279 bits per heavy atom. The lowest BCUT2D eigenvalue weighted by atomic mass is 9.70. The van der Waals surface area contributed by atoms with E-state index in [0.717, 1.165) is 56.5 Å². The molecule has 0 radical (unpaired) electrons. The fourth-order valence-corrected chi connectivity index (χ4v) is 10.9. The number of fused-ring (bicyclic) bond motifs is 10. The lowest BCUT2D eigenvalue weighted by molar-refractivity contribution is 0.794. The smallest absolute Gasteiger partial charge is 0.164 e. The molecule has 0 fully saturated rings. The predicted molar refractivity (Wildman–Crippen MR) is 279 cm³/mol. The summed E-state index contributed by atoms with van der Waals surface area (Å²) in [5, 5.41) is 0. The fraction of sp³-hybridized carbons (Fsp3) is 0.0308. The standard InChI is InChI=1S/C65H43N3/c1-5-19-43(20-6-1)47-33-34-48(44-21-7-2-8-22-44)38-52(37-47)63-66-62(67-64(68-63)53-40-50(45-23-9-3-10-24-45)39-51(41-53)46-25-11-4-12-26-46)49-35-36-57-56-29-15-18-32-60(56)65(61(57)42-49)58-30-16-13-27-54(58)55-28-14-17-31-59(55)65/h1-33,35-42H,34H2. The van der Waals surface area contributed by atoms with Gasteiger partial charge in [0.25, 0.3) is 0 Å². The van der Waals surface area contributed by atoms with Gasteiger partial charge in [0, 0.05) is 16.7 Å². The van der Waals surface area contributed by atoms with Crippen LogP contribution < -0.4 is 0 Å². The Kier molecular flexibility index (Phi) is 9.47. The second kappa shape index (κ2) is 16.3. The minimum atomic E-state index is -0.505. The summed E-state index contributed by atoms with van der Waals surface area (Å²) < 4.78 is 0. The van der Waals surface area contributed by atoms with Gasteiger partial charge in [-0.1, -0.05) is 212 Å². The molecule has 0 saturated heterocycles. The number of hydrogen-bond donors (Lipinski definition) is 0. The van der Waals surface area contributed by atoms with Gasteiger partial charge < -0.3 is 0 Å². The number of hydrogen-bond acceptors (Lipinski definition) is 3. The molecule has 0 atom stereocenters. The molecule has 3 aliphatic rings. The van der Waals surface area contributed by atoms with Crippen molar-refractivity contribution in [3.63, 3.8) is 0 Å². The van der Waals surface area contributed by atoms with Crippen molar-refractivity contribution in [3.8, 4) is 67.3 Å². The van der Waals surface area contributed by atoms with E-state index >= 15 is 0 Å². The molecule has 1 aromatic heterocycles. The normalized spacial score (nSPS) is 13.9. The summed E-state index contributed by atoms with van der Waals surface area (Å²) in [6.45, 7) is 0. The molecule has 9 aromatic carbocycles. The summed E-state index contributed by atoms with van der Waals surface area (Å²) in [6, 6.07) is 82.9. The zero-order valence-electron chi connectivity index (χ0n) is 37.2. The zero-order chi connectivity index (χ0) is 45.0. The molecule has 3 nitrogen and oxygen atoms in total. The Balaban J connectivity index is 1.07. The number of benzene rings is 9. The van der Waals surface area contributed by atoms with E-state index in [4.69, 9.17) is 15.0 Å². The maximum Gasteiger partial charge on any atom is 0.164 e. The van der Waals surface area contributed by atoms with E-state index in [1.165, 1.54) is 55.6 Å². The van der Waals surface area contributed by atoms with Crippen LogP contribution in [-0.2, 0) is 5.41 Å². The second-order valence-corrected chi connectivity index (χ2v) is 17.8. The number of rotatable bonds is 7. The first-order valence-electron chi connectivity index (χ1n) is 23.4. The average Bonchev–Trinajstić information content (AvgIpc) is 3.76. The SMILES string of the molecule is C1=C(c2ccccc2)C=C(c2nc(-c3cc(-c4ccccc4)cc(-c4ccccc4)c3)nc(-c3ccc4c(c3)C3(c5ccccc5-c5ccccc53)c3ccccc3-4)n2)C=C(c2ccccc2)C1. The van der Waals surface area contributed by atoms with Crippen LogP contribution in [0.5, 0.6) is 0 Å². The van der Waals surface area contributed by atoms with Crippen LogP contribution in [-0.4, -0.2) is 15.0 Å². The Labute approximate surface area is 396 Å². The lowest BCUT2D eigenvalue weighted by Crippen LogP contribution is -2.25. The highest BCUT2D eigenvalue weighted by Crippen LogP contribution is 2.63. The Hall–Kier alpha value is -8.79. The first kappa shape index (κ1) is 39.6. The van der Waals surface area contributed by atoms with Crippen LogP contribution in [0.25, 0.3) is 84.0 Å². The van der Waals surface area contributed by atoms with Gasteiger partial charge in [-0.15, -0.1) is 0 Å². The van der Waals surface area contributed by atoms with Gasteiger partial charge in [0.1, 0.15) is 0 Å². The highest BCUT2D eigenvalue weighted by molar-refractivity contribution is 5.97. The van der Waals surface area contributed by atoms with Crippen molar-refractivity contribution in [1.82, 2.24) is 15.0 Å². The van der Waals surface area contributed by atoms with Crippen LogP contribution in [0.15, 0.2) is 249 Å². The van der Waals surface area contributed by atoms with E-state index in [1.807, 2.05) is 0 Å². The molecule has 3 heteroatoms. The number of allylic oxidation sites excluding steroid dienone is 6. The second-order valence-electron chi connectivity index (χ2n) is 17.8. The molecule has 0 unspecified atom stereocenters. The molecular weight excluding hydrogens is 823 g/mol. The van der Waals surface area contributed by atoms with Gasteiger partial charge in [-0.05, 0) is 132 Å². The summed E-state index contributed by atoms with van der Waals surface area (Å²) in [5.41, 5.74) is 21.5. The molecule has 0 saturated carbocycles. The Morgan fingerprint density at radius 2 is 0.706 bits per heavy atom. The topological polar surface area (TPSA) is 38.7 Å². The average molecular weight is 866 g/mol. The first-order chi connectivity index (χ1) is 33.7. The van der Waals surface area contributed by atoms with E-state index in [9.17, 15) is 0 Å². The van der Waals surface area contributed by atoms with Crippen LogP contribution in [0.3, 0.4) is 0 Å². The van der Waals surface area contributed by atoms with E-state index in [1.54, 1.807) is 0 Å². The Morgan fingerprint density at radius 3 is 1.25 bits per heavy atom. The summed E-state index contributed by atoms with van der Waals surface area (Å²) in [7, 11) is 0. The first-order valence-corrected chi connectivity index (χ1v) is 23.4. The molecule has 1 spiro atoms. The maximum absolute atomic E-state index is 5.53. The lowest BCUT2D eigenvalue weighted by Gasteiger charge is -2.30. The third kappa shape index (κ3) is 6.54. The molecule has 68 heavy (non-hydrogen) atoms. The highest BCUT2D eigenvalue weighted by Gasteiger charge is 2.51. The molecule has 3 aliphatic carbocycles. The number of nitrogens with zero attached hydrogens (tertiary/aromatic N) is 3. The van der Waals surface area contributed by atoms with Gasteiger partial charge in [0.2, 0.25) is 0 Å². The maximum atomic E-state index is 5.53. The molecule has 0 amide bonds. The van der Waals surface area contributed by atoms with E-state index < -0.39 is 5.41 Å². The van der Waals surface area contributed by atoms with Crippen LogP contribution in [0.2, 0.25) is 0 Å². The molecule has 0 N–H and O–H groups in total. The van der Waals surface area contributed by atoms with E-state index in [-0.39, 0.29) is 0 Å². The minimum Gasteiger partial charge on any atom is -0.208 e. The summed E-state index contributed by atoms with van der Waals surface area (Å²) in [4.78, 5) is 16.5.